The summed E-state index contributed by atoms with van der Waals surface area (Å²) >= 11 is 0. The molecule has 0 aromatic carbocycles. The van der Waals surface area contributed by atoms with E-state index < -0.39 is 0 Å². The average molecular weight is 488 g/mol. The number of likely N-dealkylation sites (tertiary alicyclic amines) is 1. The second-order valence-corrected chi connectivity index (χ2v) is 7.84. The van der Waals surface area contributed by atoms with Crippen molar-refractivity contribution in [2.24, 2.45) is 4.99 Å². The first-order valence-corrected chi connectivity index (χ1v) is 10.5. The standard InChI is InChI=1S/C20H36N6.HI/c1-21-19(23-11-8-13-25-16-12-22-18-25)24-17-20(9-4-2-5-10-20)26-14-6-3-7-15-26;/h12,16,18H,2-11,13-15,17H2,1H3,(H2,21,23,24);1H. The van der Waals surface area contributed by atoms with E-state index in [1.165, 1.54) is 64.5 Å². The lowest BCUT2D eigenvalue weighted by molar-refractivity contribution is 0.0368. The molecule has 1 aliphatic heterocycles. The second kappa shape index (κ2) is 11.9. The minimum absolute atomic E-state index is 0. The van der Waals surface area contributed by atoms with Gasteiger partial charge in [-0.2, -0.15) is 0 Å². The SMILES string of the molecule is CN=C(NCCCn1ccnc1)NCC1(N2CCCCC2)CCCCC1.I. The van der Waals surface area contributed by atoms with Crippen molar-refractivity contribution in [2.45, 2.75) is 69.9 Å². The van der Waals surface area contributed by atoms with Crippen LogP contribution in [-0.2, 0) is 6.54 Å². The van der Waals surface area contributed by atoms with E-state index in [0.29, 0.717) is 5.54 Å². The number of hydrogen-bond donors (Lipinski definition) is 2. The Hall–Kier alpha value is -0.830. The molecular weight excluding hydrogens is 451 g/mol. The molecule has 2 aliphatic rings. The Balaban J connectivity index is 0.00000261. The van der Waals surface area contributed by atoms with E-state index in [1.807, 2.05) is 25.8 Å². The van der Waals surface area contributed by atoms with Gasteiger partial charge in [0.05, 0.1) is 6.33 Å². The maximum Gasteiger partial charge on any atom is 0.191 e. The molecule has 2 heterocycles. The molecule has 1 aliphatic carbocycles. The minimum atomic E-state index is 0. The average Bonchev–Trinajstić information content (AvgIpc) is 3.22. The monoisotopic (exact) mass is 488 g/mol. The fourth-order valence-electron chi connectivity index (χ4n) is 4.54. The Labute approximate surface area is 181 Å². The molecule has 0 unspecified atom stereocenters. The van der Waals surface area contributed by atoms with Crippen LogP contribution in [-0.4, -0.2) is 59.2 Å². The number of rotatable bonds is 7. The van der Waals surface area contributed by atoms with Crippen molar-refractivity contribution in [3.63, 3.8) is 0 Å². The molecule has 1 saturated heterocycles. The molecule has 0 radical (unpaired) electrons. The Morgan fingerprint density at radius 3 is 2.48 bits per heavy atom. The predicted molar refractivity (Wildman–Crippen MR) is 123 cm³/mol. The van der Waals surface area contributed by atoms with Crippen LogP contribution in [0.2, 0.25) is 0 Å². The topological polar surface area (TPSA) is 57.5 Å². The van der Waals surface area contributed by atoms with Gasteiger partial charge in [0.1, 0.15) is 0 Å². The molecule has 1 aromatic rings. The fraction of sp³-hybridized carbons (Fsp3) is 0.800. The molecular formula is C20H37IN6. The van der Waals surface area contributed by atoms with E-state index in [4.69, 9.17) is 0 Å². The van der Waals surface area contributed by atoms with Crippen LogP contribution >= 0.6 is 24.0 Å². The highest BCUT2D eigenvalue weighted by Gasteiger charge is 2.38. The molecule has 0 amide bonds. The highest BCUT2D eigenvalue weighted by atomic mass is 127. The van der Waals surface area contributed by atoms with Gasteiger partial charge in [0.2, 0.25) is 0 Å². The molecule has 0 spiro atoms. The molecule has 0 bridgehead atoms. The van der Waals surface area contributed by atoms with Crippen molar-refractivity contribution in [2.75, 3.05) is 33.2 Å². The fourth-order valence-corrected chi connectivity index (χ4v) is 4.54. The van der Waals surface area contributed by atoms with E-state index in [0.717, 1.165) is 32.0 Å². The van der Waals surface area contributed by atoms with E-state index >= 15 is 0 Å². The highest BCUT2D eigenvalue weighted by molar-refractivity contribution is 14.0. The Morgan fingerprint density at radius 1 is 1.07 bits per heavy atom. The van der Waals surface area contributed by atoms with Gasteiger partial charge in [-0.25, -0.2) is 4.98 Å². The molecule has 27 heavy (non-hydrogen) atoms. The molecule has 0 atom stereocenters. The zero-order chi connectivity index (χ0) is 18.1. The molecule has 1 saturated carbocycles. The van der Waals surface area contributed by atoms with Crippen LogP contribution in [0.25, 0.3) is 0 Å². The summed E-state index contributed by atoms with van der Waals surface area (Å²) in [6.07, 6.45) is 17.7. The lowest BCUT2D eigenvalue weighted by Crippen LogP contribution is -2.59. The number of piperidine rings is 1. The number of hydrogen-bond acceptors (Lipinski definition) is 3. The van der Waals surface area contributed by atoms with Crippen molar-refractivity contribution in [3.05, 3.63) is 18.7 Å². The molecule has 1 aromatic heterocycles. The lowest BCUT2D eigenvalue weighted by atomic mass is 9.79. The summed E-state index contributed by atoms with van der Waals surface area (Å²) in [4.78, 5) is 11.3. The van der Waals surface area contributed by atoms with Gasteiger partial charge in [-0.15, -0.1) is 24.0 Å². The zero-order valence-electron chi connectivity index (χ0n) is 16.8. The van der Waals surface area contributed by atoms with Crippen molar-refractivity contribution in [1.29, 1.82) is 0 Å². The van der Waals surface area contributed by atoms with E-state index in [1.54, 1.807) is 0 Å². The van der Waals surface area contributed by atoms with Crippen LogP contribution < -0.4 is 10.6 Å². The first kappa shape index (κ1) is 22.5. The van der Waals surface area contributed by atoms with Gasteiger partial charge >= 0.3 is 0 Å². The number of imidazole rings is 1. The zero-order valence-corrected chi connectivity index (χ0v) is 19.2. The van der Waals surface area contributed by atoms with Gasteiger partial charge in [0.25, 0.3) is 0 Å². The third-order valence-electron chi connectivity index (χ3n) is 6.06. The third-order valence-corrected chi connectivity index (χ3v) is 6.06. The Morgan fingerprint density at radius 2 is 1.81 bits per heavy atom. The van der Waals surface area contributed by atoms with Crippen LogP contribution in [0.15, 0.2) is 23.7 Å². The van der Waals surface area contributed by atoms with Crippen LogP contribution in [0, 0.1) is 0 Å². The van der Waals surface area contributed by atoms with Gasteiger partial charge in [-0.05, 0) is 45.2 Å². The number of nitrogens with one attached hydrogen (secondary N) is 2. The lowest BCUT2D eigenvalue weighted by Gasteiger charge is -2.48. The van der Waals surface area contributed by atoms with E-state index in [9.17, 15) is 0 Å². The minimum Gasteiger partial charge on any atom is -0.356 e. The Bertz CT molecular complexity index is 533. The van der Waals surface area contributed by atoms with Crippen molar-refractivity contribution < 1.29 is 0 Å². The molecule has 3 rings (SSSR count). The predicted octanol–water partition coefficient (Wildman–Crippen LogP) is 3.25. The number of aromatic nitrogens is 2. The summed E-state index contributed by atoms with van der Waals surface area (Å²) in [5.41, 5.74) is 0.340. The van der Waals surface area contributed by atoms with Crippen molar-refractivity contribution in [3.8, 4) is 0 Å². The summed E-state index contributed by atoms with van der Waals surface area (Å²) in [6.45, 7) is 5.49. The van der Waals surface area contributed by atoms with Crippen LogP contribution in [0.5, 0.6) is 0 Å². The number of halogens is 1. The summed E-state index contributed by atoms with van der Waals surface area (Å²) < 4.78 is 2.12. The van der Waals surface area contributed by atoms with E-state index in [2.05, 4.69) is 30.1 Å². The Kier molecular flexibility index (Phi) is 9.89. The number of aryl methyl sites for hydroxylation is 1. The largest absolute Gasteiger partial charge is 0.356 e. The maximum atomic E-state index is 4.44. The first-order chi connectivity index (χ1) is 12.8. The molecule has 7 heteroatoms. The normalized spacial score (nSPS) is 20.7. The van der Waals surface area contributed by atoms with Crippen molar-refractivity contribution in [1.82, 2.24) is 25.1 Å². The van der Waals surface area contributed by atoms with Crippen LogP contribution in [0.1, 0.15) is 57.8 Å². The third kappa shape index (κ3) is 6.62. The number of nitrogens with zero attached hydrogens (tertiary/aromatic N) is 4. The quantitative estimate of drug-likeness (QED) is 0.268. The molecule has 2 fully saturated rings. The smallest absolute Gasteiger partial charge is 0.191 e. The van der Waals surface area contributed by atoms with Crippen molar-refractivity contribution >= 4 is 29.9 Å². The number of guanidine groups is 1. The molecule has 154 valence electrons. The molecule has 2 N–H and O–H groups in total. The van der Waals surface area contributed by atoms with E-state index in [-0.39, 0.29) is 24.0 Å². The van der Waals surface area contributed by atoms with Crippen LogP contribution in [0.3, 0.4) is 0 Å². The summed E-state index contributed by atoms with van der Waals surface area (Å²) in [6, 6.07) is 0. The van der Waals surface area contributed by atoms with Crippen LogP contribution in [0.4, 0.5) is 0 Å². The molecule has 6 nitrogen and oxygen atoms in total. The van der Waals surface area contributed by atoms with Gasteiger partial charge in [-0.1, -0.05) is 25.7 Å². The summed E-state index contributed by atoms with van der Waals surface area (Å²) in [5.74, 6) is 0.942. The highest BCUT2D eigenvalue weighted by Crippen LogP contribution is 2.35. The second-order valence-electron chi connectivity index (χ2n) is 7.84. The van der Waals surface area contributed by atoms with Gasteiger partial charge in [-0.3, -0.25) is 9.89 Å². The number of aliphatic imine (C=N–C) groups is 1. The van der Waals surface area contributed by atoms with Gasteiger partial charge in [0.15, 0.2) is 5.96 Å². The maximum absolute atomic E-state index is 4.44. The first-order valence-electron chi connectivity index (χ1n) is 10.5. The van der Waals surface area contributed by atoms with Gasteiger partial charge in [0, 0.05) is 44.6 Å². The van der Waals surface area contributed by atoms with Gasteiger partial charge < -0.3 is 15.2 Å². The summed E-state index contributed by atoms with van der Waals surface area (Å²) in [5, 5.41) is 7.13. The summed E-state index contributed by atoms with van der Waals surface area (Å²) in [7, 11) is 1.87.